The van der Waals surface area contributed by atoms with E-state index in [-0.39, 0.29) is 17.0 Å². The standard InChI is InChI=1S/C17H22N4O2S/c22-24(23,13-14-7-3-1-4-8-14)17-19-18-16(21(17)15-9-10-15)20-11-5-2-6-12-20/h1,3-4,7-8,15H,2,5-6,9-13H2. The second kappa shape index (κ2) is 6.20. The van der Waals surface area contributed by atoms with Crippen molar-refractivity contribution in [3.63, 3.8) is 0 Å². The molecule has 6 nitrogen and oxygen atoms in total. The lowest BCUT2D eigenvalue weighted by Gasteiger charge is -2.27. The van der Waals surface area contributed by atoms with Crippen molar-refractivity contribution < 1.29 is 8.42 Å². The first kappa shape index (κ1) is 15.6. The summed E-state index contributed by atoms with van der Waals surface area (Å²) in [5.41, 5.74) is 0.780. The van der Waals surface area contributed by atoms with Crippen molar-refractivity contribution in [3.8, 4) is 0 Å². The topological polar surface area (TPSA) is 68.1 Å². The first-order valence-electron chi connectivity index (χ1n) is 8.62. The zero-order valence-corrected chi connectivity index (χ0v) is 14.5. The minimum absolute atomic E-state index is 0.0291. The van der Waals surface area contributed by atoms with Crippen LogP contribution >= 0.6 is 0 Å². The van der Waals surface area contributed by atoms with Crippen LogP contribution in [0.4, 0.5) is 5.95 Å². The van der Waals surface area contributed by atoms with Crippen molar-refractivity contribution in [3.05, 3.63) is 35.9 Å². The van der Waals surface area contributed by atoms with E-state index in [0.717, 1.165) is 50.3 Å². The van der Waals surface area contributed by atoms with Gasteiger partial charge in [0.1, 0.15) is 0 Å². The highest BCUT2D eigenvalue weighted by molar-refractivity contribution is 7.90. The Labute approximate surface area is 142 Å². The van der Waals surface area contributed by atoms with Crippen LogP contribution in [0.25, 0.3) is 0 Å². The van der Waals surface area contributed by atoms with Gasteiger partial charge in [0.05, 0.1) is 5.75 Å². The third-order valence-corrected chi connectivity index (χ3v) is 6.22. The summed E-state index contributed by atoms with van der Waals surface area (Å²) in [4.78, 5) is 2.19. The molecule has 2 aliphatic rings. The molecule has 0 radical (unpaired) electrons. The summed E-state index contributed by atoms with van der Waals surface area (Å²) < 4.78 is 27.7. The summed E-state index contributed by atoms with van der Waals surface area (Å²) in [7, 11) is -3.50. The fourth-order valence-corrected chi connectivity index (χ4v) is 4.76. The van der Waals surface area contributed by atoms with Crippen LogP contribution in [0, 0.1) is 0 Å². The molecule has 0 bridgehead atoms. The van der Waals surface area contributed by atoms with Crippen LogP contribution in [0.3, 0.4) is 0 Å². The molecule has 128 valence electrons. The number of piperidine rings is 1. The van der Waals surface area contributed by atoms with E-state index in [2.05, 4.69) is 15.1 Å². The Morgan fingerprint density at radius 3 is 2.38 bits per heavy atom. The van der Waals surface area contributed by atoms with Crippen molar-refractivity contribution in [1.29, 1.82) is 0 Å². The predicted octanol–water partition coefficient (Wildman–Crippen LogP) is 2.58. The average molecular weight is 346 g/mol. The van der Waals surface area contributed by atoms with E-state index in [9.17, 15) is 8.42 Å². The van der Waals surface area contributed by atoms with Crippen LogP contribution in [0.5, 0.6) is 0 Å². The summed E-state index contributed by atoms with van der Waals surface area (Å²) in [5.74, 6) is 0.711. The lowest BCUT2D eigenvalue weighted by Crippen LogP contribution is -2.32. The van der Waals surface area contributed by atoms with Gasteiger partial charge in [0.2, 0.25) is 15.8 Å². The summed E-state index contributed by atoms with van der Waals surface area (Å²) in [5, 5.41) is 8.51. The lowest BCUT2D eigenvalue weighted by molar-refractivity contribution is 0.538. The van der Waals surface area contributed by atoms with E-state index in [1.165, 1.54) is 6.42 Å². The summed E-state index contributed by atoms with van der Waals surface area (Å²) in [6, 6.07) is 9.50. The fourth-order valence-electron chi connectivity index (χ4n) is 3.30. The molecular formula is C17H22N4O2S. The number of sulfone groups is 1. The predicted molar refractivity (Wildman–Crippen MR) is 91.7 cm³/mol. The molecule has 1 saturated carbocycles. The lowest BCUT2D eigenvalue weighted by atomic mass is 10.1. The molecule has 7 heteroatoms. The first-order chi connectivity index (χ1) is 11.6. The second-order valence-corrected chi connectivity index (χ2v) is 8.56. The number of hydrogen-bond donors (Lipinski definition) is 0. The Bertz CT molecular complexity index is 806. The summed E-state index contributed by atoms with van der Waals surface area (Å²) >= 11 is 0. The molecule has 0 spiro atoms. The highest BCUT2D eigenvalue weighted by Crippen LogP contribution is 2.40. The molecule has 0 N–H and O–H groups in total. The van der Waals surface area contributed by atoms with Gasteiger partial charge in [-0.1, -0.05) is 30.3 Å². The third kappa shape index (κ3) is 3.05. The Hall–Kier alpha value is -1.89. The van der Waals surface area contributed by atoms with E-state index in [1.54, 1.807) is 0 Å². The molecule has 2 fully saturated rings. The van der Waals surface area contributed by atoms with Crippen LogP contribution in [0.2, 0.25) is 0 Å². The normalized spacial score (nSPS) is 18.8. The molecule has 0 unspecified atom stereocenters. The third-order valence-electron chi connectivity index (χ3n) is 4.68. The number of aromatic nitrogens is 3. The maximum absolute atomic E-state index is 12.9. The van der Waals surface area contributed by atoms with Crippen LogP contribution in [0.15, 0.2) is 35.5 Å². The van der Waals surface area contributed by atoms with E-state index in [0.29, 0.717) is 0 Å². The summed E-state index contributed by atoms with van der Waals surface area (Å²) in [6.07, 6.45) is 5.50. The molecule has 1 aliphatic carbocycles. The minimum Gasteiger partial charge on any atom is -0.341 e. The monoisotopic (exact) mass is 346 g/mol. The second-order valence-electron chi connectivity index (χ2n) is 6.68. The molecule has 1 aromatic carbocycles. The number of anilines is 1. The van der Waals surface area contributed by atoms with Crippen LogP contribution < -0.4 is 4.90 Å². The smallest absolute Gasteiger partial charge is 0.251 e. The largest absolute Gasteiger partial charge is 0.341 e. The van der Waals surface area contributed by atoms with Crippen LogP contribution in [-0.2, 0) is 15.6 Å². The molecule has 1 aromatic heterocycles. The highest BCUT2D eigenvalue weighted by atomic mass is 32.2. The van der Waals surface area contributed by atoms with E-state index in [4.69, 9.17) is 0 Å². The van der Waals surface area contributed by atoms with Gasteiger partial charge >= 0.3 is 0 Å². The van der Waals surface area contributed by atoms with E-state index < -0.39 is 9.84 Å². The van der Waals surface area contributed by atoms with E-state index >= 15 is 0 Å². The van der Waals surface area contributed by atoms with Crippen molar-refractivity contribution in [2.24, 2.45) is 0 Å². The molecule has 2 aromatic rings. The fraction of sp³-hybridized carbons (Fsp3) is 0.529. The van der Waals surface area contributed by atoms with E-state index in [1.807, 2.05) is 34.9 Å². The van der Waals surface area contributed by atoms with Gasteiger partial charge in [-0.15, -0.1) is 10.2 Å². The molecule has 4 rings (SSSR count). The van der Waals surface area contributed by atoms with Gasteiger partial charge in [-0.3, -0.25) is 4.57 Å². The molecular weight excluding hydrogens is 324 g/mol. The number of benzene rings is 1. The molecule has 2 heterocycles. The van der Waals surface area contributed by atoms with Gasteiger partial charge in [-0.25, -0.2) is 8.42 Å². The molecule has 0 amide bonds. The number of nitrogens with zero attached hydrogens (tertiary/aromatic N) is 4. The number of hydrogen-bond acceptors (Lipinski definition) is 5. The van der Waals surface area contributed by atoms with Crippen LogP contribution in [-0.4, -0.2) is 36.3 Å². The van der Waals surface area contributed by atoms with Gasteiger partial charge in [-0.05, 0) is 37.7 Å². The maximum Gasteiger partial charge on any atom is 0.251 e. The van der Waals surface area contributed by atoms with Gasteiger partial charge in [-0.2, -0.15) is 0 Å². The number of rotatable bonds is 5. The minimum atomic E-state index is -3.50. The van der Waals surface area contributed by atoms with Crippen molar-refractivity contribution in [1.82, 2.24) is 14.8 Å². The van der Waals surface area contributed by atoms with Gasteiger partial charge in [0, 0.05) is 19.1 Å². The Balaban J connectivity index is 1.68. The van der Waals surface area contributed by atoms with Gasteiger partial charge < -0.3 is 4.90 Å². The van der Waals surface area contributed by atoms with Crippen molar-refractivity contribution in [2.45, 2.75) is 49.1 Å². The zero-order valence-electron chi connectivity index (χ0n) is 13.6. The van der Waals surface area contributed by atoms with Crippen molar-refractivity contribution >= 4 is 15.8 Å². The van der Waals surface area contributed by atoms with Crippen LogP contribution in [0.1, 0.15) is 43.7 Å². The summed E-state index contributed by atoms with van der Waals surface area (Å²) in [6.45, 7) is 1.87. The Morgan fingerprint density at radius 2 is 1.71 bits per heavy atom. The molecule has 1 saturated heterocycles. The zero-order chi connectivity index (χ0) is 16.6. The molecule has 24 heavy (non-hydrogen) atoms. The molecule has 0 atom stereocenters. The first-order valence-corrected chi connectivity index (χ1v) is 10.3. The molecule has 1 aliphatic heterocycles. The van der Waals surface area contributed by atoms with Gasteiger partial charge in [0.25, 0.3) is 5.16 Å². The SMILES string of the molecule is O=S(=O)(Cc1ccccc1)c1nnc(N2CCCCC2)n1C1CC1. The Kier molecular flexibility index (Phi) is 4.04. The quantitative estimate of drug-likeness (QED) is 0.832. The average Bonchev–Trinajstić information content (AvgIpc) is 3.33. The van der Waals surface area contributed by atoms with Crippen molar-refractivity contribution in [2.75, 3.05) is 18.0 Å². The maximum atomic E-state index is 12.9. The Morgan fingerprint density at radius 1 is 1.00 bits per heavy atom. The highest BCUT2D eigenvalue weighted by Gasteiger charge is 2.36. The van der Waals surface area contributed by atoms with Gasteiger partial charge in [0.15, 0.2) is 0 Å².